The highest BCUT2D eigenvalue weighted by Crippen LogP contribution is 2.63. The van der Waals surface area contributed by atoms with Crippen molar-refractivity contribution in [3.8, 4) is 0 Å². The van der Waals surface area contributed by atoms with Gasteiger partial charge in [0.1, 0.15) is 6.31 Å². The van der Waals surface area contributed by atoms with Gasteiger partial charge >= 0.3 is 0 Å². The summed E-state index contributed by atoms with van der Waals surface area (Å²) in [6.45, 7) is 3.02. The third kappa shape index (κ3) is 3.00. The first kappa shape index (κ1) is 18.3. The first-order chi connectivity index (χ1) is 12.8. The molecule has 4 saturated carbocycles. The van der Waals surface area contributed by atoms with Gasteiger partial charge in [0.15, 0.2) is 0 Å². The summed E-state index contributed by atoms with van der Waals surface area (Å²) < 4.78 is 0. The molecule has 5 rings (SSSR count). The minimum atomic E-state index is -1.20. The van der Waals surface area contributed by atoms with Crippen LogP contribution in [-0.2, 0) is 0 Å². The van der Waals surface area contributed by atoms with E-state index in [0.717, 1.165) is 11.8 Å². The SMILES string of the molecule is C[Si](B1CCCCC1)([C@H]1CCC2CCCCC21)[C@H]1CCC2CCCCC21. The molecule has 5 aliphatic rings. The Morgan fingerprint density at radius 1 is 0.538 bits per heavy atom. The average molecular weight is 371 g/mol. The molecule has 5 fully saturated rings. The summed E-state index contributed by atoms with van der Waals surface area (Å²) >= 11 is 0. The molecule has 0 spiro atoms. The molecule has 6 atom stereocenters. The summed E-state index contributed by atoms with van der Waals surface area (Å²) in [6, 6.07) is 0. The lowest BCUT2D eigenvalue weighted by molar-refractivity contribution is 0.264. The number of fused-ring (bicyclic) bond motifs is 2. The maximum atomic E-state index is 3.02. The van der Waals surface area contributed by atoms with E-state index in [0.29, 0.717) is 0 Å². The van der Waals surface area contributed by atoms with E-state index < -0.39 is 7.94 Å². The molecule has 1 aliphatic heterocycles. The third-order valence-corrected chi connectivity index (χ3v) is 17.7. The molecule has 0 aromatic carbocycles. The van der Waals surface area contributed by atoms with E-state index in [2.05, 4.69) is 6.55 Å². The van der Waals surface area contributed by atoms with Gasteiger partial charge in [0.05, 0.1) is 0 Å². The monoisotopic (exact) mass is 370 g/mol. The van der Waals surface area contributed by atoms with Crippen LogP contribution in [0.2, 0.25) is 30.3 Å². The Morgan fingerprint density at radius 3 is 1.58 bits per heavy atom. The number of hydrogen-bond acceptors (Lipinski definition) is 0. The summed E-state index contributed by atoms with van der Waals surface area (Å²) in [5.74, 6) is 4.69. The van der Waals surface area contributed by atoms with Crippen molar-refractivity contribution in [2.24, 2.45) is 23.7 Å². The summed E-state index contributed by atoms with van der Waals surface area (Å²) in [7, 11) is -1.20. The number of hydrogen-bond donors (Lipinski definition) is 0. The first-order valence-electron chi connectivity index (χ1n) is 12.8. The Kier molecular flexibility index (Phi) is 5.36. The van der Waals surface area contributed by atoms with Gasteiger partial charge in [0.2, 0.25) is 0 Å². The molecule has 0 radical (unpaired) electrons. The van der Waals surface area contributed by atoms with Crippen LogP contribution in [0.4, 0.5) is 0 Å². The van der Waals surface area contributed by atoms with Crippen LogP contribution < -0.4 is 0 Å². The van der Waals surface area contributed by atoms with Crippen molar-refractivity contribution in [2.45, 2.75) is 127 Å². The fraction of sp³-hybridized carbons (Fsp3) is 1.00. The zero-order valence-corrected chi connectivity index (χ0v) is 18.6. The van der Waals surface area contributed by atoms with Gasteiger partial charge in [0.25, 0.3) is 0 Å². The van der Waals surface area contributed by atoms with Crippen LogP contribution in [0, 0.1) is 23.7 Å². The Hall–Kier alpha value is 0.282. The van der Waals surface area contributed by atoms with Crippen LogP contribution in [0.25, 0.3) is 0 Å². The second kappa shape index (κ2) is 7.60. The van der Waals surface area contributed by atoms with Crippen molar-refractivity contribution in [2.75, 3.05) is 0 Å². The molecule has 0 N–H and O–H groups in total. The topological polar surface area (TPSA) is 0 Å². The Morgan fingerprint density at radius 2 is 1.04 bits per heavy atom. The summed E-state index contributed by atoms with van der Waals surface area (Å²) in [6.07, 6.45) is 28.5. The van der Waals surface area contributed by atoms with Crippen molar-refractivity contribution < 1.29 is 0 Å². The lowest BCUT2D eigenvalue weighted by atomic mass is 9.61. The van der Waals surface area contributed by atoms with Gasteiger partial charge in [0, 0.05) is 7.94 Å². The lowest BCUT2D eigenvalue weighted by Gasteiger charge is -2.51. The highest BCUT2D eigenvalue weighted by Gasteiger charge is 2.58. The third-order valence-electron chi connectivity index (χ3n) is 10.7. The van der Waals surface area contributed by atoms with Crippen molar-refractivity contribution >= 4 is 14.2 Å². The number of rotatable bonds is 3. The van der Waals surface area contributed by atoms with Crippen LogP contribution in [0.5, 0.6) is 0 Å². The largest absolute Gasteiger partial charge is 0.134 e. The Balaban J connectivity index is 1.47. The maximum Gasteiger partial charge on any atom is 0.134 e. The van der Waals surface area contributed by atoms with Gasteiger partial charge in [-0.1, -0.05) is 115 Å². The minimum Gasteiger partial charge on any atom is -0.0762 e. The maximum absolute atomic E-state index is 3.02. The highest BCUT2D eigenvalue weighted by atomic mass is 28.3. The summed E-state index contributed by atoms with van der Waals surface area (Å²) in [5.41, 5.74) is 2.48. The van der Waals surface area contributed by atoms with Crippen molar-refractivity contribution in [3.05, 3.63) is 0 Å². The van der Waals surface area contributed by atoms with E-state index in [9.17, 15) is 0 Å². The molecule has 1 saturated heterocycles. The van der Waals surface area contributed by atoms with E-state index in [1.807, 2.05) is 0 Å². The first-order valence-corrected chi connectivity index (χ1v) is 15.5. The summed E-state index contributed by atoms with van der Waals surface area (Å²) in [4.78, 5) is 0. The van der Waals surface area contributed by atoms with E-state index >= 15 is 0 Å². The zero-order chi connectivity index (χ0) is 17.6. The summed E-state index contributed by atoms with van der Waals surface area (Å²) in [5, 5.41) is 0. The molecule has 2 heteroatoms. The van der Waals surface area contributed by atoms with E-state index in [1.165, 1.54) is 29.2 Å². The second-order valence-corrected chi connectivity index (χ2v) is 16.5. The van der Waals surface area contributed by atoms with Crippen molar-refractivity contribution in [3.63, 3.8) is 0 Å². The lowest BCUT2D eigenvalue weighted by Crippen LogP contribution is -2.58. The van der Waals surface area contributed by atoms with Gasteiger partial charge in [-0.05, 0) is 34.8 Å². The van der Waals surface area contributed by atoms with E-state index in [4.69, 9.17) is 0 Å². The predicted octanol–water partition coefficient (Wildman–Crippen LogP) is 7.76. The molecule has 146 valence electrons. The molecule has 4 unspecified atom stereocenters. The fourth-order valence-electron chi connectivity index (χ4n) is 9.61. The van der Waals surface area contributed by atoms with Gasteiger partial charge < -0.3 is 0 Å². The average Bonchev–Trinajstić information content (AvgIpc) is 3.33. The van der Waals surface area contributed by atoms with Crippen LogP contribution in [0.15, 0.2) is 0 Å². The van der Waals surface area contributed by atoms with Gasteiger partial charge in [-0.25, -0.2) is 0 Å². The molecule has 0 bridgehead atoms. The van der Waals surface area contributed by atoms with Gasteiger partial charge in [-0.3, -0.25) is 0 Å². The smallest absolute Gasteiger partial charge is 0.0762 e. The van der Waals surface area contributed by atoms with Crippen LogP contribution >= 0.6 is 0 Å². The van der Waals surface area contributed by atoms with Gasteiger partial charge in [-0.15, -0.1) is 0 Å². The molecular weight excluding hydrogens is 327 g/mol. The zero-order valence-electron chi connectivity index (χ0n) is 17.6. The molecule has 0 nitrogen and oxygen atoms in total. The van der Waals surface area contributed by atoms with E-state index in [1.54, 1.807) is 109 Å². The van der Waals surface area contributed by atoms with E-state index in [-0.39, 0.29) is 0 Å². The predicted molar refractivity (Wildman–Crippen MR) is 118 cm³/mol. The standard InChI is InChI=1S/C24H43BSi/c1-26(25-17-7-2-8-18-25,23-15-13-19-9-3-5-11-21(19)23)24-16-14-20-10-4-6-12-22(20)24/h19-24H,2-18H2,1H3/t19?,20?,21?,22?,23-,24-,26?/m0/s1. The van der Waals surface area contributed by atoms with Crippen LogP contribution in [0.3, 0.4) is 0 Å². The molecule has 0 amide bonds. The molecule has 1 heterocycles. The van der Waals surface area contributed by atoms with Gasteiger partial charge in [-0.2, -0.15) is 0 Å². The van der Waals surface area contributed by atoms with Crippen molar-refractivity contribution in [1.82, 2.24) is 0 Å². The van der Waals surface area contributed by atoms with Crippen LogP contribution in [0.1, 0.15) is 96.3 Å². The molecule has 0 aromatic heterocycles. The Bertz CT molecular complexity index is 453. The van der Waals surface area contributed by atoms with Crippen molar-refractivity contribution in [1.29, 1.82) is 0 Å². The molecule has 0 aromatic rings. The molecule has 4 aliphatic carbocycles. The molecular formula is C24H43BSi. The quantitative estimate of drug-likeness (QED) is 0.445. The second-order valence-electron chi connectivity index (χ2n) is 11.5. The molecule has 26 heavy (non-hydrogen) atoms. The highest BCUT2D eigenvalue weighted by molar-refractivity contribution is 7.34. The Labute approximate surface area is 164 Å². The minimum absolute atomic E-state index is 1.16. The van der Waals surface area contributed by atoms with Crippen LogP contribution in [-0.4, -0.2) is 14.2 Å². The normalized spacial score (nSPS) is 45.8. The fourth-order valence-corrected chi connectivity index (χ4v) is 17.3.